The number of ether oxygens (including phenoxy) is 1. The predicted octanol–water partition coefficient (Wildman–Crippen LogP) is 1.72. The van der Waals surface area contributed by atoms with Crippen LogP contribution in [0.4, 0.5) is 11.6 Å². The average molecular weight is 363 g/mol. The number of benzene rings is 1. The van der Waals surface area contributed by atoms with Gasteiger partial charge in [-0.3, -0.25) is 4.79 Å². The first-order valence-corrected chi connectivity index (χ1v) is 8.11. The van der Waals surface area contributed by atoms with E-state index in [1.165, 1.54) is 0 Å². The van der Waals surface area contributed by atoms with Crippen LogP contribution in [0, 0.1) is 0 Å². The van der Waals surface area contributed by atoms with Gasteiger partial charge in [-0.05, 0) is 40.3 Å². The highest BCUT2D eigenvalue weighted by molar-refractivity contribution is 5.73. The highest BCUT2D eigenvalue weighted by Gasteiger charge is 2.34. The zero-order valence-corrected chi connectivity index (χ0v) is 14.1. The smallest absolute Gasteiger partial charge is 0.288 e. The van der Waals surface area contributed by atoms with E-state index in [4.69, 9.17) is 9.15 Å². The number of nitrogens with one attached hydrogen (secondary N) is 2. The number of aromatic amines is 1. The Kier molecular flexibility index (Phi) is 3.29. The number of anilines is 2. The normalized spacial score (nSPS) is 14.9. The number of hydrogen-bond donors (Lipinski definition) is 2. The highest BCUT2D eigenvalue weighted by Crippen LogP contribution is 2.41. The maximum atomic E-state index is 12.5. The van der Waals surface area contributed by atoms with Gasteiger partial charge in [0.05, 0.1) is 13.4 Å². The van der Waals surface area contributed by atoms with Crippen molar-refractivity contribution in [1.82, 2.24) is 30.4 Å². The molecule has 5 rings (SSSR count). The second-order valence-electron chi connectivity index (χ2n) is 5.92. The van der Waals surface area contributed by atoms with Crippen LogP contribution in [-0.4, -0.2) is 37.5 Å². The van der Waals surface area contributed by atoms with Gasteiger partial charge in [0.1, 0.15) is 23.2 Å². The Balaban J connectivity index is 1.79. The summed E-state index contributed by atoms with van der Waals surface area (Å²) in [6, 6.07) is 10.6. The topological polar surface area (TPSA) is 124 Å². The third-order valence-electron chi connectivity index (χ3n) is 4.45. The molecule has 1 aliphatic rings. The fourth-order valence-corrected chi connectivity index (χ4v) is 3.23. The minimum absolute atomic E-state index is 0.333. The number of nitrogens with zero attached hydrogens (tertiary/aromatic N) is 5. The molecule has 0 saturated carbocycles. The van der Waals surface area contributed by atoms with E-state index >= 15 is 0 Å². The van der Waals surface area contributed by atoms with Crippen LogP contribution in [0.3, 0.4) is 0 Å². The molecule has 0 radical (unpaired) electrons. The lowest BCUT2D eigenvalue weighted by Crippen LogP contribution is -2.29. The Morgan fingerprint density at radius 1 is 1.22 bits per heavy atom. The molecule has 134 valence electrons. The van der Waals surface area contributed by atoms with Crippen molar-refractivity contribution in [3.63, 3.8) is 0 Å². The van der Waals surface area contributed by atoms with Crippen molar-refractivity contribution < 1.29 is 9.15 Å². The fourth-order valence-electron chi connectivity index (χ4n) is 3.23. The van der Waals surface area contributed by atoms with Gasteiger partial charge in [0.15, 0.2) is 5.76 Å². The van der Waals surface area contributed by atoms with Crippen molar-refractivity contribution in [3.05, 3.63) is 64.1 Å². The van der Waals surface area contributed by atoms with Gasteiger partial charge in [-0.15, -0.1) is 0 Å². The molecule has 0 spiro atoms. The van der Waals surface area contributed by atoms with Crippen LogP contribution in [0.5, 0.6) is 5.75 Å². The summed E-state index contributed by atoms with van der Waals surface area (Å²) in [5.74, 6) is 1.62. The number of tetrazole rings is 1. The molecule has 1 atom stereocenters. The number of aromatic nitrogens is 6. The maximum absolute atomic E-state index is 12.5. The zero-order chi connectivity index (χ0) is 18.4. The minimum Gasteiger partial charge on any atom is -0.497 e. The molecule has 0 amide bonds. The summed E-state index contributed by atoms with van der Waals surface area (Å²) in [5.41, 5.74) is 1.96. The Morgan fingerprint density at radius 3 is 2.81 bits per heavy atom. The zero-order valence-electron chi connectivity index (χ0n) is 14.1. The quantitative estimate of drug-likeness (QED) is 0.496. The number of methoxy groups -OCH3 is 1. The Morgan fingerprint density at radius 2 is 2.07 bits per heavy atom. The van der Waals surface area contributed by atoms with Crippen LogP contribution in [0.25, 0.3) is 11.5 Å². The molecule has 0 saturated heterocycles. The number of fused-ring (bicyclic) bond motifs is 2. The standard InChI is InChI=1S/C17H13N7O3/c1-26-10-6-4-9(5-7-10)15-12-13(11-3-2-8-27-11)19-20-16(25)14(12)18-17-21-22-23-24(15)17/h2-8,15H,1H3,(H,20,25)(H,18,21,23). The van der Waals surface area contributed by atoms with Crippen LogP contribution in [-0.2, 0) is 0 Å². The van der Waals surface area contributed by atoms with E-state index in [2.05, 4.69) is 31.0 Å². The number of hydrogen-bond acceptors (Lipinski definition) is 8. The molecule has 0 fully saturated rings. The molecule has 2 N–H and O–H groups in total. The Hall–Kier alpha value is -3.95. The van der Waals surface area contributed by atoms with Crippen LogP contribution >= 0.6 is 0 Å². The first-order chi connectivity index (χ1) is 13.3. The van der Waals surface area contributed by atoms with Crippen LogP contribution < -0.4 is 15.6 Å². The molecule has 0 bridgehead atoms. The van der Waals surface area contributed by atoms with Crippen molar-refractivity contribution in [2.75, 3.05) is 12.4 Å². The van der Waals surface area contributed by atoms with E-state index in [1.807, 2.05) is 24.3 Å². The minimum atomic E-state index is -0.466. The summed E-state index contributed by atoms with van der Waals surface area (Å²) in [7, 11) is 1.60. The number of furan rings is 1. The van der Waals surface area contributed by atoms with Crippen LogP contribution in [0.1, 0.15) is 17.2 Å². The molecular formula is C17H13N7O3. The van der Waals surface area contributed by atoms with E-state index in [0.29, 0.717) is 28.7 Å². The SMILES string of the molecule is COc1ccc(C2c3c(-c4ccco4)n[nH]c(=O)c3Nc3nnnn32)cc1. The summed E-state index contributed by atoms with van der Waals surface area (Å²) in [6.07, 6.45) is 1.55. The molecule has 27 heavy (non-hydrogen) atoms. The molecule has 4 aromatic rings. The van der Waals surface area contributed by atoms with Crippen LogP contribution in [0.15, 0.2) is 51.9 Å². The van der Waals surface area contributed by atoms with E-state index in [0.717, 1.165) is 11.3 Å². The van der Waals surface area contributed by atoms with Gasteiger partial charge in [0.25, 0.3) is 5.56 Å². The van der Waals surface area contributed by atoms with Gasteiger partial charge in [0.2, 0.25) is 5.95 Å². The second-order valence-corrected chi connectivity index (χ2v) is 5.92. The van der Waals surface area contributed by atoms with Crippen molar-refractivity contribution >= 4 is 11.6 Å². The monoisotopic (exact) mass is 363 g/mol. The van der Waals surface area contributed by atoms with Crippen molar-refractivity contribution in [3.8, 4) is 17.2 Å². The Bertz CT molecular complexity index is 1160. The van der Waals surface area contributed by atoms with E-state index in [1.54, 1.807) is 30.2 Å². The van der Waals surface area contributed by atoms with E-state index in [9.17, 15) is 4.79 Å². The highest BCUT2D eigenvalue weighted by atomic mass is 16.5. The van der Waals surface area contributed by atoms with Crippen LogP contribution in [0.2, 0.25) is 0 Å². The molecule has 1 aromatic carbocycles. The number of rotatable bonds is 3. The fraction of sp³-hybridized carbons (Fsp3) is 0.118. The summed E-state index contributed by atoms with van der Waals surface area (Å²) < 4.78 is 12.4. The van der Waals surface area contributed by atoms with Crippen molar-refractivity contribution in [2.24, 2.45) is 0 Å². The summed E-state index contributed by atoms with van der Waals surface area (Å²) in [5, 5.41) is 21.5. The van der Waals surface area contributed by atoms with E-state index in [-0.39, 0.29) is 5.56 Å². The summed E-state index contributed by atoms with van der Waals surface area (Å²) in [4.78, 5) is 12.5. The Labute approximate surface area is 151 Å². The molecule has 4 heterocycles. The first-order valence-electron chi connectivity index (χ1n) is 8.11. The van der Waals surface area contributed by atoms with Gasteiger partial charge in [-0.1, -0.05) is 17.2 Å². The van der Waals surface area contributed by atoms with Gasteiger partial charge in [0, 0.05) is 5.56 Å². The lowest BCUT2D eigenvalue weighted by atomic mass is 9.94. The average Bonchev–Trinajstić information content (AvgIpc) is 3.39. The van der Waals surface area contributed by atoms with Crippen molar-refractivity contribution in [1.29, 1.82) is 0 Å². The summed E-state index contributed by atoms with van der Waals surface area (Å²) in [6.45, 7) is 0. The molecular weight excluding hydrogens is 350 g/mol. The lowest BCUT2D eigenvalue weighted by molar-refractivity contribution is 0.414. The maximum Gasteiger partial charge on any atom is 0.288 e. The molecule has 3 aromatic heterocycles. The molecule has 10 nitrogen and oxygen atoms in total. The first kappa shape index (κ1) is 15.3. The number of H-pyrrole nitrogens is 1. The largest absolute Gasteiger partial charge is 0.497 e. The van der Waals surface area contributed by atoms with Crippen molar-refractivity contribution in [2.45, 2.75) is 6.04 Å². The third-order valence-corrected chi connectivity index (χ3v) is 4.45. The molecule has 10 heteroatoms. The summed E-state index contributed by atoms with van der Waals surface area (Å²) >= 11 is 0. The third kappa shape index (κ3) is 2.30. The van der Waals surface area contributed by atoms with Gasteiger partial charge < -0.3 is 14.5 Å². The van der Waals surface area contributed by atoms with Gasteiger partial charge >= 0.3 is 0 Å². The lowest BCUT2D eigenvalue weighted by Gasteiger charge is -2.27. The molecule has 1 aliphatic heterocycles. The molecule has 1 unspecified atom stereocenters. The molecule has 0 aliphatic carbocycles. The van der Waals surface area contributed by atoms with Gasteiger partial charge in [-0.25, -0.2) is 5.10 Å². The second kappa shape index (κ2) is 5.80. The van der Waals surface area contributed by atoms with Gasteiger partial charge in [-0.2, -0.15) is 9.78 Å². The predicted molar refractivity (Wildman–Crippen MR) is 93.9 cm³/mol. The van der Waals surface area contributed by atoms with E-state index < -0.39 is 6.04 Å².